The third-order valence-corrected chi connectivity index (χ3v) is 10.9. The van der Waals surface area contributed by atoms with Crippen molar-refractivity contribution in [2.24, 2.45) is 0 Å². The number of carbonyl (C=O) groups is 2. The Hall–Kier alpha value is -1.21. The van der Waals surface area contributed by atoms with Crippen molar-refractivity contribution in [3.05, 3.63) is 71.8 Å². The Kier molecular flexibility index (Phi) is 38.8. The molecule has 0 bridgehead atoms. The van der Waals surface area contributed by atoms with Gasteiger partial charge in [0, 0.05) is 37.6 Å². The quantitative estimate of drug-likeness (QED) is 0.0385. The Morgan fingerprint density at radius 3 is 0.966 bits per heavy atom. The van der Waals surface area contributed by atoms with Crippen LogP contribution in [-0.4, -0.2) is 82.6 Å². The third kappa shape index (κ3) is 36.0. The normalized spacial score (nSPS) is 13.1. The molecule has 332 valence electrons. The van der Waals surface area contributed by atoms with Crippen LogP contribution in [0.1, 0.15) is 218 Å². The minimum atomic E-state index is -1.07. The first-order valence-corrected chi connectivity index (χ1v) is 23.3. The smallest absolute Gasteiger partial charge is 0.550 e. The molecule has 8 nitrogen and oxygen atoms in total. The summed E-state index contributed by atoms with van der Waals surface area (Å²) in [6.07, 6.45) is 28.9. The molecule has 0 spiro atoms. The van der Waals surface area contributed by atoms with E-state index < -0.39 is 23.5 Å². The molecule has 0 fully saturated rings. The SMILES string of the molecule is CCCCCCCCCC(O)(CCCCCCCC(=O)[O-])OCc1ccccc1.CCCCCCCCCC(O)(CCCCCCCC(=O)[O-])OCc1ccccc1.[Ba+2]. The van der Waals surface area contributed by atoms with E-state index in [4.69, 9.17) is 9.47 Å². The van der Waals surface area contributed by atoms with Gasteiger partial charge in [0.05, 0.1) is 13.2 Å². The van der Waals surface area contributed by atoms with Crippen molar-refractivity contribution in [2.75, 3.05) is 0 Å². The van der Waals surface area contributed by atoms with Crippen LogP contribution in [0, 0.1) is 0 Å². The molecule has 0 radical (unpaired) electrons. The van der Waals surface area contributed by atoms with Gasteiger partial charge in [0.15, 0.2) is 11.6 Å². The van der Waals surface area contributed by atoms with E-state index in [0.29, 0.717) is 51.7 Å². The molecule has 59 heavy (non-hydrogen) atoms. The maximum atomic E-state index is 11.1. The number of benzene rings is 2. The molecular formula is C50H82BaO8. The Morgan fingerprint density at radius 2 is 0.695 bits per heavy atom. The predicted molar refractivity (Wildman–Crippen MR) is 238 cm³/mol. The second kappa shape index (κ2) is 39.6. The van der Waals surface area contributed by atoms with Crippen molar-refractivity contribution in [3.8, 4) is 0 Å². The van der Waals surface area contributed by atoms with Gasteiger partial charge in [-0.15, -0.1) is 0 Å². The van der Waals surface area contributed by atoms with Gasteiger partial charge in [0.1, 0.15) is 0 Å². The number of aliphatic carboxylic acids is 2. The molecule has 2 unspecified atom stereocenters. The maximum Gasteiger partial charge on any atom is 2.00 e. The van der Waals surface area contributed by atoms with Gasteiger partial charge in [-0.2, -0.15) is 0 Å². The van der Waals surface area contributed by atoms with Gasteiger partial charge >= 0.3 is 48.9 Å². The fraction of sp³-hybridized carbons (Fsp3) is 0.720. The van der Waals surface area contributed by atoms with Crippen LogP contribution in [-0.2, 0) is 32.3 Å². The van der Waals surface area contributed by atoms with Gasteiger partial charge in [0.2, 0.25) is 0 Å². The molecule has 0 saturated heterocycles. The Balaban J connectivity index is 0.00000112. The summed E-state index contributed by atoms with van der Waals surface area (Å²) < 4.78 is 12.0. The summed E-state index contributed by atoms with van der Waals surface area (Å²) in [6.45, 7) is 5.32. The van der Waals surface area contributed by atoms with Gasteiger partial charge in [-0.1, -0.05) is 190 Å². The summed E-state index contributed by atoms with van der Waals surface area (Å²) in [6, 6.07) is 20.0. The molecule has 2 N–H and O–H groups in total. The molecule has 2 atom stereocenters. The second-order valence-corrected chi connectivity index (χ2v) is 16.5. The zero-order chi connectivity index (χ0) is 42.4. The maximum absolute atomic E-state index is 11.1. The van der Waals surface area contributed by atoms with E-state index in [1.54, 1.807) is 0 Å². The number of carboxylic acids is 2. The van der Waals surface area contributed by atoms with Crippen molar-refractivity contribution in [1.82, 2.24) is 0 Å². The average Bonchev–Trinajstić information content (AvgIpc) is 3.22. The molecule has 0 aliphatic heterocycles. The zero-order valence-corrected chi connectivity index (χ0v) is 41.9. The number of aliphatic hydroxyl groups is 2. The summed E-state index contributed by atoms with van der Waals surface area (Å²) in [5.74, 6) is -4.07. The zero-order valence-electron chi connectivity index (χ0n) is 37.5. The van der Waals surface area contributed by atoms with Crippen LogP contribution in [0.3, 0.4) is 0 Å². The number of rotatable bonds is 38. The van der Waals surface area contributed by atoms with Crippen LogP contribution in [0.5, 0.6) is 0 Å². The van der Waals surface area contributed by atoms with Gasteiger partial charge in [-0.05, 0) is 62.5 Å². The first kappa shape index (κ1) is 57.8. The summed E-state index contributed by atoms with van der Waals surface area (Å²) in [7, 11) is 0. The van der Waals surface area contributed by atoms with E-state index in [0.717, 1.165) is 88.2 Å². The van der Waals surface area contributed by atoms with Gasteiger partial charge in [-0.25, -0.2) is 0 Å². The molecule has 2 aromatic carbocycles. The van der Waals surface area contributed by atoms with Crippen LogP contribution in [0.15, 0.2) is 60.7 Å². The van der Waals surface area contributed by atoms with Crippen molar-refractivity contribution in [3.63, 3.8) is 0 Å². The number of unbranched alkanes of at least 4 members (excludes halogenated alkanes) is 20. The van der Waals surface area contributed by atoms with E-state index >= 15 is 0 Å². The monoisotopic (exact) mass is 949 g/mol. The van der Waals surface area contributed by atoms with Crippen molar-refractivity contribution >= 4 is 60.8 Å². The summed E-state index contributed by atoms with van der Waals surface area (Å²) >= 11 is 0. The van der Waals surface area contributed by atoms with E-state index in [2.05, 4.69) is 13.8 Å². The molecule has 2 aromatic rings. The second-order valence-electron chi connectivity index (χ2n) is 16.5. The van der Waals surface area contributed by atoms with Crippen molar-refractivity contribution in [1.29, 1.82) is 0 Å². The predicted octanol–water partition coefficient (Wildman–Crippen LogP) is 10.6. The molecule has 0 heterocycles. The summed E-state index contributed by atoms with van der Waals surface area (Å²) in [5.41, 5.74) is 2.15. The minimum Gasteiger partial charge on any atom is -0.550 e. The molecular weight excluding hydrogens is 866 g/mol. The number of ether oxygens (including phenoxy) is 2. The van der Waals surface area contributed by atoms with Gasteiger partial charge in [-0.3, -0.25) is 0 Å². The Morgan fingerprint density at radius 1 is 0.441 bits per heavy atom. The number of hydrogen-bond acceptors (Lipinski definition) is 8. The number of hydrogen-bond donors (Lipinski definition) is 2. The first-order chi connectivity index (χ1) is 28.1. The fourth-order valence-corrected chi connectivity index (χ4v) is 7.24. The van der Waals surface area contributed by atoms with Crippen LogP contribution < -0.4 is 10.2 Å². The minimum absolute atomic E-state index is 0. The first-order valence-electron chi connectivity index (χ1n) is 23.3. The van der Waals surface area contributed by atoms with Gasteiger partial charge in [0.25, 0.3) is 0 Å². The van der Waals surface area contributed by atoms with Crippen LogP contribution in [0.2, 0.25) is 0 Å². The summed E-state index contributed by atoms with van der Waals surface area (Å²) in [5, 5.41) is 43.1. The molecule has 0 amide bonds. The third-order valence-electron chi connectivity index (χ3n) is 10.9. The van der Waals surface area contributed by atoms with Crippen molar-refractivity contribution in [2.45, 2.75) is 231 Å². The number of carboxylic acid groups (broad SMARTS) is 2. The van der Waals surface area contributed by atoms with Crippen molar-refractivity contribution < 1.29 is 39.5 Å². The van der Waals surface area contributed by atoms with Gasteiger partial charge < -0.3 is 39.5 Å². The standard InChI is InChI=1S/2C25H42O4.Ba/c2*1-2-3-4-5-6-9-15-20-25(28,29-22-23-17-12-11-13-18-23)21-16-10-7-8-14-19-24(26)27;/h2*11-13,17-18,28H,2-10,14-16,19-22H2,1H3,(H,26,27);/q;;+2/p-2. The van der Waals surface area contributed by atoms with E-state index in [-0.39, 0.29) is 61.7 Å². The summed E-state index contributed by atoms with van der Waals surface area (Å²) in [4.78, 5) is 20.9. The number of carbonyl (C=O) groups excluding carboxylic acids is 2. The van der Waals surface area contributed by atoms with Crippen LogP contribution >= 0.6 is 0 Å². The van der Waals surface area contributed by atoms with E-state index in [9.17, 15) is 30.0 Å². The topological polar surface area (TPSA) is 139 Å². The molecule has 0 aromatic heterocycles. The largest absolute Gasteiger partial charge is 2.00 e. The fourth-order valence-electron chi connectivity index (χ4n) is 7.24. The average molecular weight is 949 g/mol. The molecule has 9 heteroatoms. The van der Waals surface area contributed by atoms with E-state index in [1.165, 1.54) is 64.2 Å². The molecule has 0 aliphatic carbocycles. The van der Waals surface area contributed by atoms with Crippen LogP contribution in [0.25, 0.3) is 0 Å². The molecule has 2 rings (SSSR count). The Bertz CT molecular complexity index is 1140. The van der Waals surface area contributed by atoms with E-state index in [1.807, 2.05) is 60.7 Å². The van der Waals surface area contributed by atoms with Crippen LogP contribution in [0.4, 0.5) is 0 Å². The molecule has 0 aliphatic rings. The Labute approximate surface area is 400 Å². The molecule has 0 saturated carbocycles.